The standard InChI is InChI=1S/C11H15NO3.ClH/c1-12-10(7-13)11(14)15-8-9-5-3-2-4-6-9;/h2-6,10,12-13H,7-8H2,1H3;1H/t10-;/m0./s1. The fourth-order valence-electron chi connectivity index (χ4n) is 1.11. The van der Waals surface area contributed by atoms with Crippen molar-refractivity contribution in [2.45, 2.75) is 12.6 Å². The molecule has 0 bridgehead atoms. The average molecular weight is 246 g/mol. The van der Waals surface area contributed by atoms with Crippen LogP contribution in [-0.2, 0) is 16.1 Å². The molecule has 1 aromatic rings. The summed E-state index contributed by atoms with van der Waals surface area (Å²) in [6.07, 6.45) is 0. The second kappa shape index (κ2) is 8.10. The van der Waals surface area contributed by atoms with E-state index < -0.39 is 12.0 Å². The van der Waals surface area contributed by atoms with E-state index in [0.717, 1.165) is 5.56 Å². The maximum absolute atomic E-state index is 11.3. The molecule has 16 heavy (non-hydrogen) atoms. The van der Waals surface area contributed by atoms with Crippen LogP contribution >= 0.6 is 12.4 Å². The smallest absolute Gasteiger partial charge is 0.325 e. The van der Waals surface area contributed by atoms with Gasteiger partial charge in [-0.2, -0.15) is 0 Å². The van der Waals surface area contributed by atoms with Crippen LogP contribution in [0.1, 0.15) is 5.56 Å². The lowest BCUT2D eigenvalue weighted by molar-refractivity contribution is -0.148. The van der Waals surface area contributed by atoms with Crippen LogP contribution in [0.5, 0.6) is 0 Å². The summed E-state index contributed by atoms with van der Waals surface area (Å²) in [5, 5.41) is 11.5. The molecule has 0 aromatic heterocycles. The van der Waals surface area contributed by atoms with Gasteiger partial charge in [-0.3, -0.25) is 4.79 Å². The number of carbonyl (C=O) groups excluding carboxylic acids is 1. The monoisotopic (exact) mass is 245 g/mol. The molecule has 0 fully saturated rings. The molecule has 0 unspecified atom stereocenters. The number of nitrogens with one attached hydrogen (secondary N) is 1. The quantitative estimate of drug-likeness (QED) is 0.751. The SMILES string of the molecule is CN[C@@H](CO)C(=O)OCc1ccccc1.Cl. The number of aliphatic hydroxyl groups excluding tert-OH is 1. The average Bonchev–Trinajstić information content (AvgIpc) is 2.29. The first-order chi connectivity index (χ1) is 7.27. The second-order valence-electron chi connectivity index (χ2n) is 3.12. The van der Waals surface area contributed by atoms with Gasteiger partial charge in [0.15, 0.2) is 0 Å². The summed E-state index contributed by atoms with van der Waals surface area (Å²) >= 11 is 0. The van der Waals surface area contributed by atoms with E-state index in [1.165, 1.54) is 0 Å². The van der Waals surface area contributed by atoms with Crippen molar-refractivity contribution in [3.63, 3.8) is 0 Å². The molecule has 0 aliphatic rings. The number of aliphatic hydroxyl groups is 1. The van der Waals surface area contributed by atoms with Gasteiger partial charge in [-0.25, -0.2) is 0 Å². The zero-order valence-electron chi connectivity index (χ0n) is 9.05. The molecule has 2 N–H and O–H groups in total. The van der Waals surface area contributed by atoms with Crippen molar-refractivity contribution in [2.24, 2.45) is 0 Å². The van der Waals surface area contributed by atoms with Gasteiger partial charge in [-0.15, -0.1) is 12.4 Å². The van der Waals surface area contributed by atoms with E-state index in [9.17, 15) is 4.79 Å². The molecule has 1 aromatic carbocycles. The van der Waals surface area contributed by atoms with E-state index in [-0.39, 0.29) is 25.6 Å². The lowest BCUT2D eigenvalue weighted by Crippen LogP contribution is -2.38. The highest BCUT2D eigenvalue weighted by Crippen LogP contribution is 2.01. The number of halogens is 1. The Morgan fingerprint density at radius 3 is 2.56 bits per heavy atom. The largest absolute Gasteiger partial charge is 0.460 e. The van der Waals surface area contributed by atoms with Crippen molar-refractivity contribution in [3.05, 3.63) is 35.9 Å². The van der Waals surface area contributed by atoms with Crippen LogP contribution in [-0.4, -0.2) is 30.8 Å². The Labute approximate surface area is 101 Å². The second-order valence-corrected chi connectivity index (χ2v) is 3.12. The molecule has 1 atom stereocenters. The van der Waals surface area contributed by atoms with Crippen molar-refractivity contribution >= 4 is 18.4 Å². The van der Waals surface area contributed by atoms with Crippen molar-refractivity contribution < 1.29 is 14.6 Å². The van der Waals surface area contributed by atoms with Crippen molar-refractivity contribution in [2.75, 3.05) is 13.7 Å². The summed E-state index contributed by atoms with van der Waals surface area (Å²) in [4.78, 5) is 11.3. The van der Waals surface area contributed by atoms with Gasteiger partial charge in [0.25, 0.3) is 0 Å². The summed E-state index contributed by atoms with van der Waals surface area (Å²) in [5.74, 6) is -0.441. The van der Waals surface area contributed by atoms with Gasteiger partial charge in [0.05, 0.1) is 6.61 Å². The lowest BCUT2D eigenvalue weighted by atomic mass is 10.2. The van der Waals surface area contributed by atoms with Gasteiger partial charge in [0, 0.05) is 0 Å². The van der Waals surface area contributed by atoms with Gasteiger partial charge < -0.3 is 15.2 Å². The van der Waals surface area contributed by atoms with Crippen LogP contribution in [0.3, 0.4) is 0 Å². The third kappa shape index (κ3) is 4.61. The summed E-state index contributed by atoms with van der Waals surface area (Å²) in [6, 6.07) is 8.76. The topological polar surface area (TPSA) is 58.6 Å². The molecule has 4 nitrogen and oxygen atoms in total. The van der Waals surface area contributed by atoms with Crippen LogP contribution in [0.25, 0.3) is 0 Å². The Morgan fingerprint density at radius 1 is 1.44 bits per heavy atom. The van der Waals surface area contributed by atoms with E-state index >= 15 is 0 Å². The van der Waals surface area contributed by atoms with Gasteiger partial charge >= 0.3 is 5.97 Å². The van der Waals surface area contributed by atoms with Gasteiger partial charge in [0.1, 0.15) is 12.6 Å². The van der Waals surface area contributed by atoms with Crippen LogP contribution in [0.2, 0.25) is 0 Å². The van der Waals surface area contributed by atoms with E-state index in [1.54, 1.807) is 7.05 Å². The van der Waals surface area contributed by atoms with Gasteiger partial charge in [0.2, 0.25) is 0 Å². The number of ether oxygens (including phenoxy) is 1. The van der Waals surface area contributed by atoms with E-state index in [4.69, 9.17) is 9.84 Å². The first kappa shape index (κ1) is 14.9. The molecule has 0 aliphatic carbocycles. The summed E-state index contributed by atoms with van der Waals surface area (Å²) in [5.41, 5.74) is 0.929. The molecule has 90 valence electrons. The van der Waals surface area contributed by atoms with E-state index in [1.807, 2.05) is 30.3 Å². The van der Waals surface area contributed by atoms with Gasteiger partial charge in [-0.1, -0.05) is 30.3 Å². The Balaban J connectivity index is 0.00000225. The zero-order valence-corrected chi connectivity index (χ0v) is 9.87. The number of esters is 1. The minimum absolute atomic E-state index is 0. The third-order valence-electron chi connectivity index (χ3n) is 2.04. The Morgan fingerprint density at radius 2 is 2.06 bits per heavy atom. The Kier molecular flexibility index (Phi) is 7.54. The predicted octanol–water partition coefficient (Wildman–Crippen LogP) is 0.732. The summed E-state index contributed by atoms with van der Waals surface area (Å²) in [7, 11) is 1.60. The molecule has 0 spiro atoms. The molecule has 0 amide bonds. The highest BCUT2D eigenvalue weighted by atomic mass is 35.5. The highest BCUT2D eigenvalue weighted by molar-refractivity contribution is 5.85. The summed E-state index contributed by atoms with van der Waals surface area (Å²) < 4.78 is 5.01. The molecular formula is C11H16ClNO3. The summed E-state index contributed by atoms with van der Waals surface area (Å²) in [6.45, 7) is -0.0258. The number of carbonyl (C=O) groups is 1. The third-order valence-corrected chi connectivity index (χ3v) is 2.04. The van der Waals surface area contributed by atoms with Gasteiger partial charge in [-0.05, 0) is 12.6 Å². The molecule has 0 heterocycles. The van der Waals surface area contributed by atoms with Crippen LogP contribution < -0.4 is 5.32 Å². The Hall–Kier alpha value is -1.10. The number of benzene rings is 1. The van der Waals surface area contributed by atoms with Crippen LogP contribution in [0, 0.1) is 0 Å². The minimum Gasteiger partial charge on any atom is -0.460 e. The maximum Gasteiger partial charge on any atom is 0.325 e. The normalized spacial score (nSPS) is 11.4. The number of hydrogen-bond acceptors (Lipinski definition) is 4. The fourth-order valence-corrected chi connectivity index (χ4v) is 1.11. The van der Waals surface area contributed by atoms with Crippen LogP contribution in [0.4, 0.5) is 0 Å². The molecule has 0 aliphatic heterocycles. The minimum atomic E-state index is -0.645. The van der Waals surface area contributed by atoms with Crippen molar-refractivity contribution in [1.82, 2.24) is 5.32 Å². The number of rotatable bonds is 5. The van der Waals surface area contributed by atoms with E-state index in [0.29, 0.717) is 0 Å². The Bertz CT molecular complexity index is 301. The molecule has 1 rings (SSSR count). The maximum atomic E-state index is 11.3. The van der Waals surface area contributed by atoms with Crippen LogP contribution in [0.15, 0.2) is 30.3 Å². The van der Waals surface area contributed by atoms with Crippen molar-refractivity contribution in [3.8, 4) is 0 Å². The first-order valence-electron chi connectivity index (χ1n) is 4.76. The molecule has 0 saturated heterocycles. The molecule has 5 heteroatoms. The predicted molar refractivity (Wildman–Crippen MR) is 63.4 cm³/mol. The van der Waals surface area contributed by atoms with Crippen molar-refractivity contribution in [1.29, 1.82) is 0 Å². The number of hydrogen-bond donors (Lipinski definition) is 2. The molecule has 0 radical (unpaired) electrons. The van der Waals surface area contributed by atoms with E-state index in [2.05, 4.69) is 5.32 Å². The highest BCUT2D eigenvalue weighted by Gasteiger charge is 2.16. The molecule has 0 saturated carbocycles. The molecular weight excluding hydrogens is 230 g/mol. The lowest BCUT2D eigenvalue weighted by Gasteiger charge is -2.12. The first-order valence-corrected chi connectivity index (χ1v) is 4.76. The number of likely N-dealkylation sites (N-methyl/N-ethyl adjacent to an activating group) is 1. The fraction of sp³-hybridized carbons (Fsp3) is 0.364. The zero-order chi connectivity index (χ0) is 11.1.